The molecule has 1 atom stereocenters. The van der Waals surface area contributed by atoms with Crippen LogP contribution in [0.2, 0.25) is 0 Å². The van der Waals surface area contributed by atoms with Crippen LogP contribution in [0.4, 0.5) is 0 Å². The van der Waals surface area contributed by atoms with Crippen LogP contribution in [-0.4, -0.2) is 70.0 Å². The van der Waals surface area contributed by atoms with E-state index >= 15 is 0 Å². The van der Waals surface area contributed by atoms with Crippen LogP contribution in [0.3, 0.4) is 0 Å². The number of likely N-dealkylation sites (N-methyl/N-ethyl adjacent to an activating group) is 1. The molecule has 0 aliphatic heterocycles. The molecule has 6 nitrogen and oxygen atoms in total. The molecule has 2 rings (SSSR count). The van der Waals surface area contributed by atoms with Gasteiger partial charge in [0.15, 0.2) is 5.96 Å². The zero-order valence-electron chi connectivity index (χ0n) is 18.6. The van der Waals surface area contributed by atoms with E-state index in [0.29, 0.717) is 5.56 Å². The monoisotopic (exact) mass is 523 g/mol. The van der Waals surface area contributed by atoms with Gasteiger partial charge < -0.3 is 20.4 Å². The second-order valence-corrected chi connectivity index (χ2v) is 7.42. The van der Waals surface area contributed by atoms with Crippen LogP contribution < -0.4 is 10.6 Å². The Balaban J connectivity index is 0.00000450. The molecule has 0 radical (unpaired) electrons. The average molecular weight is 523 g/mol. The number of hydrogen-bond donors (Lipinski definition) is 2. The molecule has 0 saturated carbocycles. The van der Waals surface area contributed by atoms with E-state index in [0.717, 1.165) is 31.0 Å². The minimum Gasteiger partial charge on any atom is -0.356 e. The maximum atomic E-state index is 12.1. The molecular formula is C23H34IN5O. The molecule has 0 fully saturated rings. The van der Waals surface area contributed by atoms with Gasteiger partial charge in [0.2, 0.25) is 0 Å². The van der Waals surface area contributed by atoms with Crippen molar-refractivity contribution in [2.45, 2.75) is 12.5 Å². The highest BCUT2D eigenvalue weighted by atomic mass is 127. The smallest absolute Gasteiger partial charge is 0.253 e. The molecule has 164 valence electrons. The molecule has 2 aromatic carbocycles. The first-order chi connectivity index (χ1) is 13.9. The number of guanidine groups is 1. The Morgan fingerprint density at radius 2 is 1.70 bits per heavy atom. The summed E-state index contributed by atoms with van der Waals surface area (Å²) in [6.07, 6.45) is 0.811. The van der Waals surface area contributed by atoms with Crippen molar-refractivity contribution in [1.29, 1.82) is 0 Å². The van der Waals surface area contributed by atoms with E-state index in [1.54, 1.807) is 26.0 Å². The van der Waals surface area contributed by atoms with Gasteiger partial charge in [-0.25, -0.2) is 0 Å². The van der Waals surface area contributed by atoms with Crippen molar-refractivity contribution in [2.24, 2.45) is 4.99 Å². The summed E-state index contributed by atoms with van der Waals surface area (Å²) in [6.45, 7) is 1.49. The Morgan fingerprint density at radius 1 is 1.00 bits per heavy atom. The first-order valence-electron chi connectivity index (χ1n) is 9.89. The summed E-state index contributed by atoms with van der Waals surface area (Å²) in [4.78, 5) is 20.2. The van der Waals surface area contributed by atoms with E-state index < -0.39 is 0 Å². The first-order valence-corrected chi connectivity index (χ1v) is 9.89. The summed E-state index contributed by atoms with van der Waals surface area (Å²) < 4.78 is 0. The Morgan fingerprint density at radius 3 is 2.30 bits per heavy atom. The van der Waals surface area contributed by atoms with Crippen LogP contribution in [0.15, 0.2) is 59.6 Å². The maximum absolute atomic E-state index is 12.1. The molecule has 1 unspecified atom stereocenters. The van der Waals surface area contributed by atoms with E-state index in [1.807, 2.05) is 30.3 Å². The number of aliphatic imine (C=N–C) groups is 1. The highest BCUT2D eigenvalue weighted by molar-refractivity contribution is 14.0. The van der Waals surface area contributed by atoms with Crippen LogP contribution in [0.5, 0.6) is 0 Å². The van der Waals surface area contributed by atoms with Crippen LogP contribution in [0.1, 0.15) is 27.5 Å². The average Bonchev–Trinajstić information content (AvgIpc) is 2.72. The number of amides is 1. The third-order valence-electron chi connectivity index (χ3n) is 4.78. The number of carbonyl (C=O) groups excluding carboxylic acids is 1. The number of hydrogen-bond acceptors (Lipinski definition) is 3. The second-order valence-electron chi connectivity index (χ2n) is 7.42. The molecule has 0 aliphatic rings. The van der Waals surface area contributed by atoms with Crippen LogP contribution >= 0.6 is 24.0 Å². The van der Waals surface area contributed by atoms with Gasteiger partial charge in [-0.2, -0.15) is 0 Å². The fraction of sp³-hybridized carbons (Fsp3) is 0.391. The van der Waals surface area contributed by atoms with Gasteiger partial charge >= 0.3 is 0 Å². The molecule has 0 saturated heterocycles. The van der Waals surface area contributed by atoms with Crippen molar-refractivity contribution in [2.75, 3.05) is 48.3 Å². The van der Waals surface area contributed by atoms with Crippen molar-refractivity contribution in [3.63, 3.8) is 0 Å². The quantitative estimate of drug-likeness (QED) is 0.318. The lowest BCUT2D eigenvalue weighted by molar-refractivity contribution is 0.0827. The fourth-order valence-electron chi connectivity index (χ4n) is 3.13. The number of nitrogens with zero attached hydrogens (tertiary/aromatic N) is 3. The third-order valence-corrected chi connectivity index (χ3v) is 4.78. The van der Waals surface area contributed by atoms with Crippen molar-refractivity contribution in [1.82, 2.24) is 20.4 Å². The predicted molar refractivity (Wildman–Crippen MR) is 136 cm³/mol. The summed E-state index contributed by atoms with van der Waals surface area (Å²) in [5.41, 5.74) is 3.10. The van der Waals surface area contributed by atoms with Gasteiger partial charge in [0.05, 0.1) is 6.04 Å². The van der Waals surface area contributed by atoms with E-state index in [9.17, 15) is 4.79 Å². The molecule has 2 aromatic rings. The molecule has 0 spiro atoms. The fourth-order valence-corrected chi connectivity index (χ4v) is 3.13. The van der Waals surface area contributed by atoms with E-state index in [4.69, 9.17) is 0 Å². The maximum Gasteiger partial charge on any atom is 0.253 e. The van der Waals surface area contributed by atoms with Gasteiger partial charge in [-0.1, -0.05) is 42.5 Å². The van der Waals surface area contributed by atoms with Crippen LogP contribution in [0.25, 0.3) is 0 Å². The zero-order valence-corrected chi connectivity index (χ0v) is 20.9. The van der Waals surface area contributed by atoms with Gasteiger partial charge in [-0.3, -0.25) is 9.79 Å². The number of carbonyl (C=O) groups is 1. The van der Waals surface area contributed by atoms with Crippen molar-refractivity contribution in [3.05, 3.63) is 71.3 Å². The highest BCUT2D eigenvalue weighted by Gasteiger charge is 2.14. The van der Waals surface area contributed by atoms with E-state index in [2.05, 4.69) is 58.9 Å². The molecule has 1 amide bonds. The number of benzene rings is 2. The Bertz CT molecular complexity index is 808. The Kier molecular flexibility index (Phi) is 11.4. The Hall–Kier alpha value is -2.13. The number of rotatable bonds is 8. The van der Waals surface area contributed by atoms with Gasteiger partial charge in [0.25, 0.3) is 5.91 Å². The van der Waals surface area contributed by atoms with Crippen molar-refractivity contribution in [3.8, 4) is 0 Å². The Labute approximate surface area is 197 Å². The second kappa shape index (κ2) is 13.2. The van der Waals surface area contributed by atoms with E-state index in [1.165, 1.54) is 5.56 Å². The lowest BCUT2D eigenvalue weighted by atomic mass is 10.1. The summed E-state index contributed by atoms with van der Waals surface area (Å²) in [7, 11) is 9.47. The topological polar surface area (TPSA) is 60.0 Å². The molecule has 7 heteroatoms. The minimum atomic E-state index is 0. The third kappa shape index (κ3) is 7.95. The molecular weight excluding hydrogens is 489 g/mol. The number of nitrogens with one attached hydrogen (secondary N) is 2. The van der Waals surface area contributed by atoms with E-state index in [-0.39, 0.29) is 35.9 Å². The van der Waals surface area contributed by atoms with Crippen molar-refractivity contribution >= 4 is 35.8 Å². The number of halogens is 1. The highest BCUT2D eigenvalue weighted by Crippen LogP contribution is 2.16. The van der Waals surface area contributed by atoms with Crippen molar-refractivity contribution < 1.29 is 4.79 Å². The molecule has 0 bridgehead atoms. The normalized spacial score (nSPS) is 12.1. The largest absolute Gasteiger partial charge is 0.356 e. The van der Waals surface area contributed by atoms with Gasteiger partial charge in [-0.15, -0.1) is 24.0 Å². The standard InChI is InChI=1S/C23H33N5O.HI/c1-24-23(26-17-21(27(2)3)19-11-7-6-8-12-19)25-15-14-18-10-9-13-20(16-18)22(29)28(4)5;/h6-13,16,21H,14-15,17H2,1-5H3,(H2,24,25,26);1H. The van der Waals surface area contributed by atoms with Gasteiger partial charge in [-0.05, 0) is 43.8 Å². The molecule has 0 heterocycles. The molecule has 0 aromatic heterocycles. The summed E-state index contributed by atoms with van der Waals surface area (Å²) in [5, 5.41) is 6.78. The lowest BCUT2D eigenvalue weighted by Crippen LogP contribution is -2.42. The zero-order chi connectivity index (χ0) is 21.2. The van der Waals surface area contributed by atoms with Gasteiger partial charge in [0, 0.05) is 39.8 Å². The summed E-state index contributed by atoms with van der Waals surface area (Å²) >= 11 is 0. The molecule has 0 aliphatic carbocycles. The lowest BCUT2D eigenvalue weighted by Gasteiger charge is -2.26. The minimum absolute atomic E-state index is 0. The van der Waals surface area contributed by atoms with Crippen LogP contribution in [0, 0.1) is 0 Å². The predicted octanol–water partition coefficient (Wildman–Crippen LogP) is 3.02. The molecule has 2 N–H and O–H groups in total. The van der Waals surface area contributed by atoms with Crippen LogP contribution in [-0.2, 0) is 6.42 Å². The summed E-state index contributed by atoms with van der Waals surface area (Å²) in [5.74, 6) is 0.793. The SMILES string of the molecule is CN=C(NCCc1cccc(C(=O)N(C)C)c1)NCC(c1ccccc1)N(C)C.I. The first kappa shape index (κ1) is 25.9. The summed E-state index contributed by atoms with van der Waals surface area (Å²) in [6, 6.07) is 18.5. The molecule has 30 heavy (non-hydrogen) atoms. The van der Waals surface area contributed by atoms with Gasteiger partial charge in [0.1, 0.15) is 0 Å².